The van der Waals surface area contributed by atoms with Gasteiger partial charge < -0.3 is 9.84 Å². The molecule has 0 bridgehead atoms. The van der Waals surface area contributed by atoms with Crippen molar-refractivity contribution in [2.45, 2.75) is 66.5 Å². The first-order chi connectivity index (χ1) is 11.1. The van der Waals surface area contributed by atoms with Crippen molar-refractivity contribution < 1.29 is 24.2 Å². The second-order valence-electron chi connectivity index (χ2n) is 7.27. The molecule has 0 spiro atoms. The van der Waals surface area contributed by atoms with Crippen molar-refractivity contribution >= 4 is 17.8 Å². The third kappa shape index (κ3) is 4.35. The molecule has 1 aliphatic rings. The average molecular weight is 341 g/mol. The summed E-state index contributed by atoms with van der Waals surface area (Å²) in [5, 5.41) is 10.3. The van der Waals surface area contributed by atoms with Gasteiger partial charge in [0.2, 0.25) is 5.91 Å². The highest BCUT2D eigenvalue weighted by atomic mass is 16.6. The Labute approximate surface area is 144 Å². The van der Waals surface area contributed by atoms with E-state index in [0.29, 0.717) is 0 Å². The topological polar surface area (TPSA) is 83.9 Å². The molecule has 6 heteroatoms. The summed E-state index contributed by atoms with van der Waals surface area (Å²) in [5.41, 5.74) is 0. The number of hydrogen-bond donors (Lipinski definition) is 1. The molecule has 0 unspecified atom stereocenters. The van der Waals surface area contributed by atoms with Crippen LogP contribution in [-0.2, 0) is 14.3 Å². The summed E-state index contributed by atoms with van der Waals surface area (Å²) >= 11 is 0. The highest BCUT2D eigenvalue weighted by molar-refractivity contribution is 6.07. The molecule has 1 saturated heterocycles. The smallest absolute Gasteiger partial charge is 0.417 e. The molecule has 24 heavy (non-hydrogen) atoms. The number of ether oxygens (including phenoxy) is 1. The van der Waals surface area contributed by atoms with Crippen LogP contribution in [0.15, 0.2) is 0 Å². The van der Waals surface area contributed by atoms with Gasteiger partial charge in [-0.3, -0.25) is 9.59 Å². The number of cyclic esters (lactones) is 1. The van der Waals surface area contributed by atoms with Gasteiger partial charge in [-0.15, -0.1) is 0 Å². The van der Waals surface area contributed by atoms with E-state index in [-0.39, 0.29) is 30.3 Å². The fraction of sp³-hybridized carbons (Fsp3) is 0.833. The summed E-state index contributed by atoms with van der Waals surface area (Å²) in [4.78, 5) is 38.2. The third-order valence-electron chi connectivity index (χ3n) is 5.00. The van der Waals surface area contributed by atoms with Gasteiger partial charge in [-0.1, -0.05) is 41.0 Å². The minimum absolute atomic E-state index is 0.0172. The van der Waals surface area contributed by atoms with Crippen LogP contribution in [0.25, 0.3) is 0 Å². The van der Waals surface area contributed by atoms with Crippen molar-refractivity contribution in [2.24, 2.45) is 23.7 Å². The van der Waals surface area contributed by atoms with E-state index in [4.69, 9.17) is 4.74 Å². The Bertz CT molecular complexity index is 476. The average Bonchev–Trinajstić information content (AvgIpc) is 2.93. The molecule has 0 aromatic rings. The number of amides is 2. The number of nitrogens with zero attached hydrogens (tertiary/aromatic N) is 1. The predicted octanol–water partition coefficient (Wildman–Crippen LogP) is 2.63. The summed E-state index contributed by atoms with van der Waals surface area (Å²) in [6, 6.07) is -0.348. The van der Waals surface area contributed by atoms with Crippen LogP contribution >= 0.6 is 0 Å². The van der Waals surface area contributed by atoms with Gasteiger partial charge in [0.1, 0.15) is 12.4 Å². The van der Waals surface area contributed by atoms with Crippen molar-refractivity contribution in [1.29, 1.82) is 0 Å². The Morgan fingerprint density at radius 1 is 1.25 bits per heavy atom. The predicted molar refractivity (Wildman–Crippen MR) is 90.2 cm³/mol. The molecule has 1 aliphatic heterocycles. The first-order valence-corrected chi connectivity index (χ1v) is 8.85. The number of imide groups is 1. The van der Waals surface area contributed by atoms with Gasteiger partial charge in [0.15, 0.2) is 0 Å². The standard InChI is InChI=1S/C18H31NO5/c1-7-8-11(4)15(20)12(5)16(21)13(6)17(22)19-14(10(2)3)9-24-18(19)23/h10-15,20H,7-9H2,1-6H3/t11-,12-,13-,14+,15+/m0/s1. The summed E-state index contributed by atoms with van der Waals surface area (Å²) in [6.45, 7) is 11.0. The van der Waals surface area contributed by atoms with Crippen LogP contribution in [0.3, 0.4) is 0 Å². The molecule has 5 atom stereocenters. The number of rotatable bonds is 8. The molecule has 1 heterocycles. The first-order valence-electron chi connectivity index (χ1n) is 8.85. The van der Waals surface area contributed by atoms with Crippen LogP contribution in [0.4, 0.5) is 4.79 Å². The van der Waals surface area contributed by atoms with Gasteiger partial charge in [0.25, 0.3) is 0 Å². The number of aliphatic hydroxyl groups excluding tert-OH is 1. The van der Waals surface area contributed by atoms with E-state index >= 15 is 0 Å². The Kier molecular flexibility index (Phi) is 7.39. The lowest BCUT2D eigenvalue weighted by atomic mass is 9.83. The van der Waals surface area contributed by atoms with Crippen molar-refractivity contribution in [3.8, 4) is 0 Å². The van der Waals surface area contributed by atoms with E-state index in [2.05, 4.69) is 0 Å². The third-order valence-corrected chi connectivity index (χ3v) is 5.00. The largest absolute Gasteiger partial charge is 0.447 e. The molecule has 1 N–H and O–H groups in total. The van der Waals surface area contributed by atoms with Gasteiger partial charge in [-0.25, -0.2) is 9.69 Å². The van der Waals surface area contributed by atoms with Crippen LogP contribution < -0.4 is 0 Å². The molecular weight excluding hydrogens is 310 g/mol. The minimum atomic E-state index is -0.977. The normalized spacial score (nSPS) is 22.9. The molecule has 1 fully saturated rings. The fourth-order valence-corrected chi connectivity index (χ4v) is 3.19. The maximum Gasteiger partial charge on any atom is 0.417 e. The summed E-state index contributed by atoms with van der Waals surface area (Å²) in [5.74, 6) is -2.47. The van der Waals surface area contributed by atoms with E-state index < -0.39 is 29.9 Å². The fourth-order valence-electron chi connectivity index (χ4n) is 3.19. The van der Waals surface area contributed by atoms with E-state index in [1.165, 1.54) is 6.92 Å². The SMILES string of the molecule is CCC[C@H](C)[C@@H](O)[C@H](C)C(=O)[C@H](C)C(=O)N1C(=O)OC[C@@H]1C(C)C. The van der Waals surface area contributed by atoms with Gasteiger partial charge in [0, 0.05) is 5.92 Å². The maximum absolute atomic E-state index is 12.7. The Morgan fingerprint density at radius 3 is 2.33 bits per heavy atom. The molecule has 2 amide bonds. The molecule has 0 aliphatic carbocycles. The van der Waals surface area contributed by atoms with Gasteiger partial charge in [-0.05, 0) is 25.2 Å². The highest BCUT2D eigenvalue weighted by Crippen LogP contribution is 2.25. The molecule has 0 aromatic carbocycles. The maximum atomic E-state index is 12.7. The van der Waals surface area contributed by atoms with Gasteiger partial charge in [0.05, 0.1) is 18.1 Å². The van der Waals surface area contributed by atoms with Gasteiger partial charge in [-0.2, -0.15) is 0 Å². The summed E-state index contributed by atoms with van der Waals surface area (Å²) < 4.78 is 4.97. The number of carbonyl (C=O) groups is 3. The monoisotopic (exact) mass is 341 g/mol. The molecule has 138 valence electrons. The van der Waals surface area contributed by atoms with E-state index in [1.807, 2.05) is 27.7 Å². The quantitative estimate of drug-likeness (QED) is 0.686. The van der Waals surface area contributed by atoms with Crippen LogP contribution in [-0.4, -0.2) is 46.5 Å². The molecule has 0 radical (unpaired) electrons. The van der Waals surface area contributed by atoms with Crippen LogP contribution in [0, 0.1) is 23.7 Å². The highest BCUT2D eigenvalue weighted by Gasteiger charge is 2.44. The number of carbonyl (C=O) groups excluding carboxylic acids is 3. The molecular formula is C18H31NO5. The van der Waals surface area contributed by atoms with Crippen LogP contribution in [0.1, 0.15) is 54.4 Å². The van der Waals surface area contributed by atoms with Crippen molar-refractivity contribution in [2.75, 3.05) is 6.61 Å². The number of hydrogen-bond acceptors (Lipinski definition) is 5. The molecule has 0 aromatic heterocycles. The van der Waals surface area contributed by atoms with Crippen LogP contribution in [0.2, 0.25) is 0 Å². The van der Waals surface area contributed by atoms with Crippen LogP contribution in [0.5, 0.6) is 0 Å². The summed E-state index contributed by atoms with van der Waals surface area (Å²) in [7, 11) is 0. The Hall–Kier alpha value is -1.43. The lowest BCUT2D eigenvalue weighted by Crippen LogP contribution is -2.47. The first kappa shape index (κ1) is 20.6. The number of aliphatic hydroxyl groups is 1. The number of ketones is 1. The van der Waals surface area contributed by atoms with Crippen molar-refractivity contribution in [3.05, 3.63) is 0 Å². The second kappa shape index (κ2) is 8.60. The molecule has 0 saturated carbocycles. The zero-order valence-electron chi connectivity index (χ0n) is 15.6. The van der Waals surface area contributed by atoms with Gasteiger partial charge >= 0.3 is 6.09 Å². The minimum Gasteiger partial charge on any atom is -0.447 e. The lowest BCUT2D eigenvalue weighted by Gasteiger charge is -2.28. The molecule has 6 nitrogen and oxygen atoms in total. The van der Waals surface area contributed by atoms with E-state index in [9.17, 15) is 19.5 Å². The molecule has 1 rings (SSSR count). The summed E-state index contributed by atoms with van der Waals surface area (Å²) in [6.07, 6.45) is 0.253. The van der Waals surface area contributed by atoms with Crippen molar-refractivity contribution in [3.63, 3.8) is 0 Å². The van der Waals surface area contributed by atoms with E-state index in [0.717, 1.165) is 17.7 Å². The lowest BCUT2D eigenvalue weighted by molar-refractivity contribution is -0.142. The zero-order chi connectivity index (χ0) is 18.6. The van der Waals surface area contributed by atoms with E-state index in [1.54, 1.807) is 6.92 Å². The second-order valence-corrected chi connectivity index (χ2v) is 7.27. The Balaban J connectivity index is 2.84. The number of Topliss-reactive ketones (excluding diaryl/α,β-unsaturated/α-hetero) is 1. The van der Waals surface area contributed by atoms with Crippen molar-refractivity contribution in [1.82, 2.24) is 4.90 Å². The zero-order valence-corrected chi connectivity index (χ0v) is 15.6. The Morgan fingerprint density at radius 2 is 1.83 bits per heavy atom.